The summed E-state index contributed by atoms with van der Waals surface area (Å²) in [5.74, 6) is -1.34. The highest BCUT2D eigenvalue weighted by molar-refractivity contribution is 7.86. The molecule has 0 spiro atoms. The Balaban J connectivity index is 2.25. The molecule has 1 aromatic rings. The number of ether oxygens (including phenoxy) is 4. The van der Waals surface area contributed by atoms with Gasteiger partial charge in [0.25, 0.3) is 0 Å². The molecule has 12 nitrogen and oxygen atoms in total. The predicted octanol–water partition coefficient (Wildman–Crippen LogP) is 3.49. The van der Waals surface area contributed by atoms with Crippen LogP contribution in [0.4, 0.5) is 4.79 Å². The lowest BCUT2D eigenvalue weighted by atomic mass is 9.95. The van der Waals surface area contributed by atoms with Gasteiger partial charge in [0.1, 0.15) is 24.0 Å². The van der Waals surface area contributed by atoms with E-state index in [1.807, 2.05) is 0 Å². The molecular formula is C28H38N2O10S. The number of fused-ring (bicyclic) bond motifs is 2. The molecule has 2 aliphatic rings. The maximum Gasteiger partial charge on any atom is 0.411 e. The van der Waals surface area contributed by atoms with Gasteiger partial charge in [-0.15, -0.1) is 6.58 Å². The number of likely N-dealkylation sites (tertiary alicyclic amines) is 1. The molecule has 2 heterocycles. The first-order valence-electron chi connectivity index (χ1n) is 12.9. The molecule has 0 aliphatic carbocycles. The van der Waals surface area contributed by atoms with Crippen molar-refractivity contribution in [3.05, 3.63) is 42.1 Å². The van der Waals surface area contributed by atoms with E-state index in [-0.39, 0.29) is 41.7 Å². The molecule has 2 fully saturated rings. The van der Waals surface area contributed by atoms with Crippen LogP contribution in [0.2, 0.25) is 0 Å². The molecule has 4 atom stereocenters. The monoisotopic (exact) mass is 594 g/mol. The van der Waals surface area contributed by atoms with Gasteiger partial charge >= 0.3 is 22.2 Å². The number of piperazine rings is 1. The fourth-order valence-corrected chi connectivity index (χ4v) is 5.75. The number of methoxy groups -OCH3 is 2. The van der Waals surface area contributed by atoms with Crippen LogP contribution in [0.5, 0.6) is 17.2 Å². The van der Waals surface area contributed by atoms with Crippen molar-refractivity contribution in [2.75, 3.05) is 27.1 Å². The van der Waals surface area contributed by atoms with E-state index >= 15 is 0 Å². The largest absolute Gasteiger partial charge is 0.496 e. The third-order valence-electron chi connectivity index (χ3n) is 6.86. The number of carbonyl (C=O) groups is 3. The highest BCUT2D eigenvalue weighted by Gasteiger charge is 2.57. The molecule has 0 saturated carbocycles. The highest BCUT2D eigenvalue weighted by atomic mass is 32.2. The summed E-state index contributed by atoms with van der Waals surface area (Å²) in [5.41, 5.74) is -0.0338. The Morgan fingerprint density at radius 1 is 1.20 bits per heavy atom. The summed E-state index contributed by atoms with van der Waals surface area (Å²) in [4.78, 5) is 42.1. The van der Waals surface area contributed by atoms with Crippen LogP contribution in [0.3, 0.4) is 0 Å². The molecule has 1 aromatic carbocycles. The van der Waals surface area contributed by atoms with Crippen LogP contribution >= 0.6 is 0 Å². The number of nitrogens with zero attached hydrogens (tertiary/aromatic N) is 2. The van der Waals surface area contributed by atoms with Crippen LogP contribution in [0.15, 0.2) is 31.0 Å². The van der Waals surface area contributed by atoms with E-state index < -0.39 is 51.8 Å². The number of rotatable bonds is 9. The minimum atomic E-state index is -4.09. The van der Waals surface area contributed by atoms with Gasteiger partial charge < -0.3 is 28.0 Å². The first kappa shape index (κ1) is 31.8. The lowest BCUT2D eigenvalue weighted by Gasteiger charge is -2.45. The third kappa shape index (κ3) is 6.45. The van der Waals surface area contributed by atoms with Gasteiger partial charge in [0.2, 0.25) is 5.91 Å². The molecule has 13 heteroatoms. The van der Waals surface area contributed by atoms with Gasteiger partial charge in [0.15, 0.2) is 11.5 Å². The highest BCUT2D eigenvalue weighted by Crippen LogP contribution is 2.49. The van der Waals surface area contributed by atoms with Crippen LogP contribution in [-0.2, 0) is 29.2 Å². The van der Waals surface area contributed by atoms with Crippen molar-refractivity contribution < 1.29 is 45.9 Å². The summed E-state index contributed by atoms with van der Waals surface area (Å²) in [6.45, 7) is 15.7. The molecule has 0 radical (unpaired) electrons. The third-order valence-corrected chi connectivity index (χ3v) is 7.33. The number of hydrogen-bond acceptors (Lipinski definition) is 10. The van der Waals surface area contributed by atoms with Gasteiger partial charge in [-0.25, -0.2) is 4.79 Å². The number of amides is 2. The zero-order valence-corrected chi connectivity index (χ0v) is 25.5. The fraction of sp³-hybridized carbons (Fsp3) is 0.536. The second-order valence-electron chi connectivity index (χ2n) is 10.9. The Morgan fingerprint density at radius 3 is 2.32 bits per heavy atom. The van der Waals surface area contributed by atoms with Gasteiger partial charge in [-0.1, -0.05) is 12.7 Å². The zero-order chi connectivity index (χ0) is 31.0. The van der Waals surface area contributed by atoms with E-state index in [1.165, 1.54) is 37.0 Å². The SMILES string of the molecule is C=C[C@@H]1C[C@H]2C(=O)N([C@@H](COC(C)=O)c3cc(OC)c(C)c(OC)c3OS(C)(=O)=O)C(=C)[C@@H]1N2C(=O)OC(C)(C)C. The normalized spacial score (nSPS) is 21.3. The van der Waals surface area contributed by atoms with Crippen molar-refractivity contribution in [3.8, 4) is 17.2 Å². The number of carbonyl (C=O) groups excluding carboxylic acids is 3. The van der Waals surface area contributed by atoms with Crippen LogP contribution in [0.1, 0.15) is 51.3 Å². The summed E-state index contributed by atoms with van der Waals surface area (Å²) in [7, 11) is -1.33. The van der Waals surface area contributed by atoms with Crippen LogP contribution < -0.4 is 13.7 Å². The van der Waals surface area contributed by atoms with E-state index in [1.54, 1.807) is 33.8 Å². The molecule has 0 unspecified atom stereocenters. The maximum absolute atomic E-state index is 14.2. The molecule has 2 amide bonds. The summed E-state index contributed by atoms with van der Waals surface area (Å²) in [5, 5.41) is 0. The number of hydrogen-bond donors (Lipinski definition) is 0. The van der Waals surface area contributed by atoms with Crippen molar-refractivity contribution in [3.63, 3.8) is 0 Å². The molecule has 0 N–H and O–H groups in total. The van der Waals surface area contributed by atoms with Gasteiger partial charge in [-0.2, -0.15) is 8.42 Å². The van der Waals surface area contributed by atoms with Gasteiger partial charge in [0, 0.05) is 29.7 Å². The Labute approximate surface area is 240 Å². The fourth-order valence-electron chi connectivity index (χ4n) is 5.28. The van der Waals surface area contributed by atoms with E-state index in [0.29, 0.717) is 11.3 Å². The van der Waals surface area contributed by atoms with Crippen molar-refractivity contribution in [1.82, 2.24) is 9.80 Å². The average molecular weight is 595 g/mol. The van der Waals surface area contributed by atoms with Crippen LogP contribution in [0, 0.1) is 12.8 Å². The van der Waals surface area contributed by atoms with E-state index in [9.17, 15) is 22.8 Å². The Bertz CT molecular complexity index is 1360. The van der Waals surface area contributed by atoms with E-state index in [0.717, 1.165) is 6.26 Å². The summed E-state index contributed by atoms with van der Waals surface area (Å²) < 4.78 is 52.1. The van der Waals surface area contributed by atoms with Gasteiger partial charge in [0.05, 0.1) is 32.6 Å². The Kier molecular flexibility index (Phi) is 9.02. The zero-order valence-electron chi connectivity index (χ0n) is 24.7. The number of esters is 1. The summed E-state index contributed by atoms with van der Waals surface area (Å²) >= 11 is 0. The van der Waals surface area contributed by atoms with E-state index in [2.05, 4.69) is 13.2 Å². The summed E-state index contributed by atoms with van der Waals surface area (Å²) in [6.07, 6.45) is 2.11. The average Bonchev–Trinajstić information content (AvgIpc) is 3.20. The molecule has 3 rings (SSSR count). The van der Waals surface area contributed by atoms with Crippen molar-refractivity contribution in [2.45, 2.75) is 64.8 Å². The predicted molar refractivity (Wildman–Crippen MR) is 149 cm³/mol. The first-order valence-corrected chi connectivity index (χ1v) is 14.7. The molecule has 2 saturated heterocycles. The molecular weight excluding hydrogens is 556 g/mol. The molecule has 226 valence electrons. The standard InChI is InChI=1S/C28H38N2O10S/c1-11-18-12-20-26(32)29(16(3)23(18)30(20)27(33)39-28(5,6)7)21(14-38-17(4)31)19-13-22(36-8)15(2)24(37-9)25(19)40-41(10,34)35/h11,13,18,20-21,23H,1,3,12,14H2,2,4-10H3/t18-,20+,21+,23+/m1/s1. The topological polar surface area (TPSA) is 138 Å². The van der Waals surface area contributed by atoms with Crippen LogP contribution in [-0.4, -0.2) is 81.0 Å². The Hall–Kier alpha value is -3.74. The Morgan fingerprint density at radius 2 is 1.83 bits per heavy atom. The second kappa shape index (κ2) is 11.6. The summed E-state index contributed by atoms with van der Waals surface area (Å²) in [6, 6.07) is -1.29. The van der Waals surface area contributed by atoms with Crippen molar-refractivity contribution in [1.29, 1.82) is 0 Å². The minimum Gasteiger partial charge on any atom is -0.496 e. The van der Waals surface area contributed by atoms with Crippen LogP contribution in [0.25, 0.3) is 0 Å². The second-order valence-corrected chi connectivity index (χ2v) is 12.5. The molecule has 0 aromatic heterocycles. The molecule has 41 heavy (non-hydrogen) atoms. The lowest BCUT2D eigenvalue weighted by Crippen LogP contribution is -2.59. The first-order chi connectivity index (χ1) is 18.9. The number of benzene rings is 1. The minimum absolute atomic E-state index is 0.0509. The smallest absolute Gasteiger partial charge is 0.411 e. The molecule has 2 aliphatic heterocycles. The van der Waals surface area contributed by atoms with E-state index in [4.69, 9.17) is 23.1 Å². The molecule has 2 bridgehead atoms. The lowest BCUT2D eigenvalue weighted by molar-refractivity contribution is -0.148. The quantitative estimate of drug-likeness (QED) is 0.237. The van der Waals surface area contributed by atoms with Gasteiger partial charge in [-0.3, -0.25) is 14.5 Å². The van der Waals surface area contributed by atoms with Crippen molar-refractivity contribution >= 4 is 28.1 Å². The maximum atomic E-state index is 14.2. The van der Waals surface area contributed by atoms with Crippen molar-refractivity contribution in [2.24, 2.45) is 5.92 Å². The van der Waals surface area contributed by atoms with Gasteiger partial charge in [-0.05, 0) is 40.2 Å².